The third-order valence-electron chi connectivity index (χ3n) is 2.73. The first-order valence-electron chi connectivity index (χ1n) is 6.16. The number of rotatable bonds is 3. The van der Waals surface area contributed by atoms with Crippen LogP contribution in [0.15, 0.2) is 21.4 Å². The average molecular weight is 325 g/mol. The van der Waals surface area contributed by atoms with E-state index in [4.69, 9.17) is 4.74 Å². The molecule has 10 heteroatoms. The van der Waals surface area contributed by atoms with Gasteiger partial charge in [0.15, 0.2) is 0 Å². The van der Waals surface area contributed by atoms with Gasteiger partial charge in [0, 0.05) is 14.0 Å². The normalized spacial score (nSPS) is 19.9. The number of ether oxygens (including phenoxy) is 2. The van der Waals surface area contributed by atoms with Gasteiger partial charge < -0.3 is 20.1 Å². The topological polar surface area (TPSA) is 113 Å². The van der Waals surface area contributed by atoms with Crippen LogP contribution in [0, 0.1) is 0 Å². The molecule has 0 radical (unpaired) electrons. The smallest absolute Gasteiger partial charge is 0.350 e. The Morgan fingerprint density at radius 1 is 1.36 bits per heavy atom. The van der Waals surface area contributed by atoms with Crippen molar-refractivity contribution in [2.45, 2.75) is 12.8 Å². The average Bonchev–Trinajstić information content (AvgIpc) is 2.94. The highest BCUT2D eigenvalue weighted by atomic mass is 32.1. The van der Waals surface area contributed by atoms with Crippen LogP contribution in [0.2, 0.25) is 0 Å². The summed E-state index contributed by atoms with van der Waals surface area (Å²) in [6.45, 7) is 1.64. The summed E-state index contributed by atoms with van der Waals surface area (Å²) in [4.78, 5) is 31.9. The van der Waals surface area contributed by atoms with Crippen LogP contribution in [0.4, 0.5) is 10.5 Å². The molecule has 2 amide bonds. The number of amides is 2. The molecule has 3 N–H and O–H groups in total. The molecule has 0 spiro atoms. The Labute approximate surface area is 130 Å². The fraction of sp³-hybridized carbons (Fsp3) is 0.333. The number of guanidine groups is 1. The molecule has 1 aromatic rings. The maximum Gasteiger partial charge on any atom is 0.350 e. The predicted octanol–water partition coefficient (Wildman–Crippen LogP) is 0.964. The molecule has 0 saturated heterocycles. The van der Waals surface area contributed by atoms with Crippen LogP contribution in [-0.4, -0.2) is 44.4 Å². The standard InChI is InChI=1S/C12H15N5O4S/c1-12(21-3)14-6-13-10(17-12)16-11(19)15-7-4-5-22-8(7)9(18)20-2/h4-6H,1-3H3,(H3,13,14,15,16,17,19). The number of thiophene rings is 1. The minimum absolute atomic E-state index is 0.173. The summed E-state index contributed by atoms with van der Waals surface area (Å²) in [5, 5.41) is 9.41. The Balaban J connectivity index is 2.03. The lowest BCUT2D eigenvalue weighted by molar-refractivity contribution is 0.0209. The Kier molecular flexibility index (Phi) is 4.73. The fourth-order valence-corrected chi connectivity index (χ4v) is 2.33. The molecule has 0 aromatic carbocycles. The Bertz CT molecular complexity index is 641. The second kappa shape index (κ2) is 6.54. The first-order chi connectivity index (χ1) is 10.5. The number of aliphatic imine (C=N–C) groups is 2. The number of nitrogens with zero attached hydrogens (tertiary/aromatic N) is 2. The molecular formula is C12H15N5O4S. The first kappa shape index (κ1) is 15.9. The van der Waals surface area contributed by atoms with Crippen molar-refractivity contribution in [2.75, 3.05) is 19.5 Å². The minimum atomic E-state index is -1.09. The van der Waals surface area contributed by atoms with Crippen molar-refractivity contribution in [2.24, 2.45) is 9.98 Å². The van der Waals surface area contributed by atoms with Gasteiger partial charge in [-0.3, -0.25) is 5.32 Å². The summed E-state index contributed by atoms with van der Waals surface area (Å²) < 4.78 is 9.74. The van der Waals surface area contributed by atoms with Gasteiger partial charge in [-0.2, -0.15) is 4.99 Å². The number of urea groups is 1. The molecule has 1 aromatic heterocycles. The predicted molar refractivity (Wildman–Crippen MR) is 82.3 cm³/mol. The van der Waals surface area contributed by atoms with Crippen molar-refractivity contribution in [3.8, 4) is 0 Å². The van der Waals surface area contributed by atoms with Crippen molar-refractivity contribution in [3.05, 3.63) is 16.3 Å². The third kappa shape index (κ3) is 3.59. The zero-order valence-electron chi connectivity index (χ0n) is 12.2. The molecule has 1 aliphatic rings. The second-order valence-electron chi connectivity index (χ2n) is 4.24. The molecule has 0 aliphatic carbocycles. The summed E-state index contributed by atoms with van der Waals surface area (Å²) in [7, 11) is 2.73. The van der Waals surface area contributed by atoms with E-state index < -0.39 is 17.8 Å². The summed E-state index contributed by atoms with van der Waals surface area (Å²) >= 11 is 1.17. The van der Waals surface area contributed by atoms with Gasteiger partial charge in [-0.1, -0.05) is 0 Å². The molecule has 118 valence electrons. The maximum absolute atomic E-state index is 12.0. The van der Waals surface area contributed by atoms with Crippen LogP contribution in [-0.2, 0) is 9.47 Å². The fourth-order valence-electron chi connectivity index (χ4n) is 1.56. The van der Waals surface area contributed by atoms with Gasteiger partial charge in [0.05, 0.1) is 19.1 Å². The molecule has 0 fully saturated rings. The monoisotopic (exact) mass is 325 g/mol. The molecule has 0 bridgehead atoms. The SMILES string of the molecule is COC(=O)c1sccc1NC(=O)NC1=NC(C)(OC)N=CN1. The molecule has 1 aliphatic heterocycles. The lowest BCUT2D eigenvalue weighted by atomic mass is 10.4. The lowest BCUT2D eigenvalue weighted by Gasteiger charge is -2.23. The number of hydrogen-bond acceptors (Lipinski definition) is 8. The van der Waals surface area contributed by atoms with Crippen molar-refractivity contribution in [1.29, 1.82) is 0 Å². The molecular weight excluding hydrogens is 310 g/mol. The highest BCUT2D eigenvalue weighted by molar-refractivity contribution is 7.12. The van der Waals surface area contributed by atoms with Crippen LogP contribution in [0.25, 0.3) is 0 Å². The van der Waals surface area contributed by atoms with Crippen LogP contribution in [0.1, 0.15) is 16.6 Å². The van der Waals surface area contributed by atoms with Gasteiger partial charge in [-0.25, -0.2) is 14.6 Å². The Morgan fingerprint density at radius 2 is 2.14 bits per heavy atom. The molecule has 0 saturated carbocycles. The molecule has 1 atom stereocenters. The number of methoxy groups -OCH3 is 2. The highest BCUT2D eigenvalue weighted by Gasteiger charge is 2.25. The van der Waals surface area contributed by atoms with Gasteiger partial charge in [0.1, 0.15) is 4.88 Å². The first-order valence-corrected chi connectivity index (χ1v) is 7.04. The van der Waals surface area contributed by atoms with Crippen LogP contribution in [0.5, 0.6) is 0 Å². The van der Waals surface area contributed by atoms with Gasteiger partial charge >= 0.3 is 12.0 Å². The number of nitrogens with one attached hydrogen (secondary N) is 3. The van der Waals surface area contributed by atoms with E-state index in [0.29, 0.717) is 10.6 Å². The zero-order chi connectivity index (χ0) is 16.2. The highest BCUT2D eigenvalue weighted by Crippen LogP contribution is 2.23. The van der Waals surface area contributed by atoms with Gasteiger partial charge in [0.2, 0.25) is 5.96 Å². The minimum Gasteiger partial charge on any atom is -0.465 e. The van der Waals surface area contributed by atoms with E-state index in [9.17, 15) is 9.59 Å². The quantitative estimate of drug-likeness (QED) is 0.716. The zero-order valence-corrected chi connectivity index (χ0v) is 13.0. The van der Waals surface area contributed by atoms with E-state index in [2.05, 4.69) is 30.7 Å². The van der Waals surface area contributed by atoms with Gasteiger partial charge in [-0.05, 0) is 11.4 Å². The summed E-state index contributed by atoms with van der Waals surface area (Å²) in [6.07, 6.45) is 1.37. The van der Waals surface area contributed by atoms with Crippen LogP contribution >= 0.6 is 11.3 Å². The molecule has 2 heterocycles. The number of hydrogen-bond donors (Lipinski definition) is 3. The van der Waals surface area contributed by atoms with E-state index in [0.717, 1.165) is 0 Å². The van der Waals surface area contributed by atoms with E-state index >= 15 is 0 Å². The van der Waals surface area contributed by atoms with Gasteiger partial charge in [0.25, 0.3) is 5.85 Å². The maximum atomic E-state index is 12.0. The Morgan fingerprint density at radius 3 is 2.82 bits per heavy atom. The number of esters is 1. The van der Waals surface area contributed by atoms with E-state index in [1.54, 1.807) is 18.4 Å². The van der Waals surface area contributed by atoms with Gasteiger partial charge in [-0.15, -0.1) is 11.3 Å². The molecule has 22 heavy (non-hydrogen) atoms. The molecule has 2 rings (SSSR count). The number of carbonyl (C=O) groups excluding carboxylic acids is 2. The van der Waals surface area contributed by atoms with Crippen molar-refractivity contribution >= 4 is 41.3 Å². The largest absolute Gasteiger partial charge is 0.465 e. The van der Waals surface area contributed by atoms with Crippen LogP contribution in [0.3, 0.4) is 0 Å². The van der Waals surface area contributed by atoms with E-state index in [-0.39, 0.29) is 5.96 Å². The summed E-state index contributed by atoms with van der Waals surface area (Å²) in [6, 6.07) is 1.04. The molecule has 9 nitrogen and oxygen atoms in total. The number of carbonyl (C=O) groups is 2. The number of anilines is 1. The lowest BCUT2D eigenvalue weighted by Crippen LogP contribution is -2.47. The molecule has 1 unspecified atom stereocenters. The Hall–Kier alpha value is -2.46. The summed E-state index contributed by atoms with van der Waals surface area (Å²) in [5.41, 5.74) is 0.355. The van der Waals surface area contributed by atoms with Crippen molar-refractivity contribution in [1.82, 2.24) is 10.6 Å². The van der Waals surface area contributed by atoms with Crippen LogP contribution < -0.4 is 16.0 Å². The third-order valence-corrected chi connectivity index (χ3v) is 3.62. The summed E-state index contributed by atoms with van der Waals surface area (Å²) in [5.74, 6) is -1.43. The second-order valence-corrected chi connectivity index (χ2v) is 5.15. The van der Waals surface area contributed by atoms with E-state index in [1.807, 2.05) is 0 Å². The van der Waals surface area contributed by atoms with E-state index in [1.165, 1.54) is 31.9 Å². The van der Waals surface area contributed by atoms with Crippen molar-refractivity contribution in [3.63, 3.8) is 0 Å². The van der Waals surface area contributed by atoms with Crippen molar-refractivity contribution < 1.29 is 19.1 Å².